The zero-order chi connectivity index (χ0) is 20.1. The van der Waals surface area contributed by atoms with Crippen molar-refractivity contribution in [1.29, 1.82) is 0 Å². The molecule has 0 radical (unpaired) electrons. The highest BCUT2D eigenvalue weighted by atomic mass is 16.7. The summed E-state index contributed by atoms with van der Waals surface area (Å²) in [4.78, 5) is 2.64. The quantitative estimate of drug-likeness (QED) is 0.721. The van der Waals surface area contributed by atoms with Gasteiger partial charge in [0.2, 0.25) is 6.79 Å². The Hall–Kier alpha value is -2.40. The SMILES string of the molecule is COc1ccc([C@@H]2c3cc4c(cc3O[C@@]3(N5CCCC5)CCCC[C@@H]23)OCO4)cc1. The molecule has 0 amide bonds. The third-order valence-electron chi connectivity index (χ3n) is 7.52. The first kappa shape index (κ1) is 18.4. The maximum atomic E-state index is 7.00. The number of nitrogens with zero attached hydrogens (tertiary/aromatic N) is 1. The molecule has 2 aromatic rings. The molecule has 1 saturated carbocycles. The minimum atomic E-state index is -0.222. The van der Waals surface area contributed by atoms with Crippen molar-refractivity contribution in [2.75, 3.05) is 27.0 Å². The smallest absolute Gasteiger partial charge is 0.231 e. The molecule has 3 atom stereocenters. The van der Waals surface area contributed by atoms with E-state index in [0.717, 1.165) is 42.5 Å². The lowest BCUT2D eigenvalue weighted by atomic mass is 9.66. The minimum Gasteiger partial charge on any atom is -0.497 e. The first-order chi connectivity index (χ1) is 14.8. The van der Waals surface area contributed by atoms with Gasteiger partial charge in [-0.25, -0.2) is 0 Å². The van der Waals surface area contributed by atoms with Gasteiger partial charge < -0.3 is 18.9 Å². The summed E-state index contributed by atoms with van der Waals surface area (Å²) in [6.07, 6.45) is 7.29. The van der Waals surface area contributed by atoms with Crippen molar-refractivity contribution in [3.8, 4) is 23.0 Å². The van der Waals surface area contributed by atoms with Crippen LogP contribution in [0.25, 0.3) is 0 Å². The average Bonchev–Trinajstić information content (AvgIpc) is 3.48. The molecule has 4 aliphatic rings. The van der Waals surface area contributed by atoms with E-state index in [2.05, 4.69) is 41.3 Å². The Morgan fingerprint density at radius 2 is 1.70 bits per heavy atom. The lowest BCUT2D eigenvalue weighted by Crippen LogP contribution is -2.61. The van der Waals surface area contributed by atoms with Gasteiger partial charge in [-0.1, -0.05) is 18.6 Å². The average molecular weight is 408 g/mol. The summed E-state index contributed by atoms with van der Waals surface area (Å²) in [7, 11) is 1.72. The molecule has 2 aromatic carbocycles. The van der Waals surface area contributed by atoms with E-state index in [9.17, 15) is 0 Å². The van der Waals surface area contributed by atoms with E-state index < -0.39 is 0 Å². The molecule has 30 heavy (non-hydrogen) atoms. The van der Waals surface area contributed by atoms with E-state index in [1.165, 1.54) is 43.2 Å². The summed E-state index contributed by atoms with van der Waals surface area (Å²) in [5.41, 5.74) is 2.33. The molecule has 1 aliphatic carbocycles. The second kappa shape index (κ2) is 7.09. The highest BCUT2D eigenvalue weighted by Crippen LogP contribution is 2.57. The number of ether oxygens (including phenoxy) is 4. The fourth-order valence-electron chi connectivity index (χ4n) is 6.16. The van der Waals surface area contributed by atoms with Crippen LogP contribution < -0.4 is 18.9 Å². The van der Waals surface area contributed by atoms with E-state index in [0.29, 0.717) is 5.92 Å². The van der Waals surface area contributed by atoms with E-state index in [4.69, 9.17) is 18.9 Å². The van der Waals surface area contributed by atoms with E-state index in [1.54, 1.807) is 7.11 Å². The first-order valence-corrected chi connectivity index (χ1v) is 11.3. The molecule has 5 heteroatoms. The summed E-state index contributed by atoms with van der Waals surface area (Å²) in [6, 6.07) is 12.8. The zero-order valence-corrected chi connectivity index (χ0v) is 17.6. The van der Waals surface area contributed by atoms with Crippen molar-refractivity contribution in [2.24, 2.45) is 5.92 Å². The van der Waals surface area contributed by atoms with Gasteiger partial charge in [-0.2, -0.15) is 0 Å². The van der Waals surface area contributed by atoms with Gasteiger partial charge in [0.1, 0.15) is 11.5 Å². The predicted octanol–water partition coefficient (Wildman–Crippen LogP) is 4.93. The van der Waals surface area contributed by atoms with Crippen molar-refractivity contribution in [1.82, 2.24) is 4.90 Å². The first-order valence-electron chi connectivity index (χ1n) is 11.3. The second-order valence-electron chi connectivity index (χ2n) is 8.99. The van der Waals surface area contributed by atoms with Crippen LogP contribution in [0.5, 0.6) is 23.0 Å². The highest BCUT2D eigenvalue weighted by molar-refractivity contribution is 5.57. The minimum absolute atomic E-state index is 0.222. The van der Waals surface area contributed by atoms with Gasteiger partial charge in [0.25, 0.3) is 0 Å². The van der Waals surface area contributed by atoms with Crippen LogP contribution in [0.15, 0.2) is 36.4 Å². The van der Waals surface area contributed by atoms with Crippen LogP contribution in [0.2, 0.25) is 0 Å². The molecule has 2 fully saturated rings. The molecule has 5 nitrogen and oxygen atoms in total. The molecule has 3 heterocycles. The molecule has 3 aliphatic heterocycles. The summed E-state index contributed by atoms with van der Waals surface area (Å²) in [6.45, 7) is 2.55. The summed E-state index contributed by atoms with van der Waals surface area (Å²) in [5, 5.41) is 0. The van der Waals surface area contributed by atoms with Crippen molar-refractivity contribution in [3.05, 3.63) is 47.5 Å². The molecule has 0 N–H and O–H groups in total. The second-order valence-corrected chi connectivity index (χ2v) is 8.99. The van der Waals surface area contributed by atoms with E-state index in [-0.39, 0.29) is 18.4 Å². The van der Waals surface area contributed by atoms with Gasteiger partial charge in [0.15, 0.2) is 17.2 Å². The van der Waals surface area contributed by atoms with Crippen molar-refractivity contribution < 1.29 is 18.9 Å². The van der Waals surface area contributed by atoms with Gasteiger partial charge >= 0.3 is 0 Å². The van der Waals surface area contributed by atoms with Crippen LogP contribution in [0.4, 0.5) is 0 Å². The molecule has 0 spiro atoms. The lowest BCUT2D eigenvalue weighted by Gasteiger charge is -2.55. The van der Waals surface area contributed by atoms with Gasteiger partial charge in [-0.05, 0) is 49.4 Å². The van der Waals surface area contributed by atoms with Crippen LogP contribution in [-0.4, -0.2) is 37.6 Å². The molecule has 158 valence electrons. The van der Waals surface area contributed by atoms with Gasteiger partial charge in [-0.3, -0.25) is 4.90 Å². The van der Waals surface area contributed by atoms with Crippen LogP contribution >= 0.6 is 0 Å². The van der Waals surface area contributed by atoms with Crippen molar-refractivity contribution in [3.63, 3.8) is 0 Å². The van der Waals surface area contributed by atoms with Crippen molar-refractivity contribution >= 4 is 0 Å². The number of benzene rings is 2. The number of fused-ring (bicyclic) bond motifs is 3. The highest BCUT2D eigenvalue weighted by Gasteiger charge is 2.55. The monoisotopic (exact) mass is 407 g/mol. The summed E-state index contributed by atoms with van der Waals surface area (Å²) in [5.74, 6) is 4.19. The maximum Gasteiger partial charge on any atom is 0.231 e. The Bertz CT molecular complexity index is 937. The fraction of sp³-hybridized carbons (Fsp3) is 0.520. The molecular weight excluding hydrogens is 378 g/mol. The topological polar surface area (TPSA) is 40.2 Å². The number of hydrogen-bond acceptors (Lipinski definition) is 5. The van der Waals surface area contributed by atoms with E-state index in [1.807, 2.05) is 0 Å². The number of likely N-dealkylation sites (tertiary alicyclic amines) is 1. The number of hydrogen-bond donors (Lipinski definition) is 0. The Kier molecular flexibility index (Phi) is 4.34. The maximum absolute atomic E-state index is 7.00. The van der Waals surface area contributed by atoms with Crippen LogP contribution in [0.3, 0.4) is 0 Å². The normalized spacial score (nSPS) is 29.8. The number of methoxy groups -OCH3 is 1. The summed E-state index contributed by atoms with van der Waals surface area (Å²) >= 11 is 0. The van der Waals surface area contributed by atoms with Crippen molar-refractivity contribution in [2.45, 2.75) is 50.2 Å². The lowest BCUT2D eigenvalue weighted by molar-refractivity contribution is -0.154. The van der Waals surface area contributed by atoms with Crippen LogP contribution in [0.1, 0.15) is 55.6 Å². The molecule has 6 rings (SSSR count). The van der Waals surface area contributed by atoms with Crippen LogP contribution in [0, 0.1) is 5.92 Å². The largest absolute Gasteiger partial charge is 0.497 e. The third kappa shape index (κ3) is 2.71. The fourth-order valence-corrected chi connectivity index (χ4v) is 6.16. The standard InChI is InChI=1S/C25H29NO4/c1-27-18-9-7-17(8-10-18)24-19-14-22-23(29-16-28-22)15-21(19)30-25(26-12-4-5-13-26)11-3-2-6-20(24)25/h7-10,14-15,20,24H,2-6,11-13,16H2,1H3/t20-,24+,25-/m0/s1. The van der Waals surface area contributed by atoms with Crippen LogP contribution in [-0.2, 0) is 0 Å². The zero-order valence-electron chi connectivity index (χ0n) is 17.6. The Balaban J connectivity index is 1.53. The molecule has 0 bridgehead atoms. The Labute approximate surface area is 177 Å². The van der Waals surface area contributed by atoms with Gasteiger partial charge in [-0.15, -0.1) is 0 Å². The van der Waals surface area contributed by atoms with Gasteiger partial charge in [0.05, 0.1) is 7.11 Å². The third-order valence-corrected chi connectivity index (χ3v) is 7.52. The molecule has 0 aromatic heterocycles. The van der Waals surface area contributed by atoms with Gasteiger partial charge in [0, 0.05) is 43.0 Å². The number of rotatable bonds is 3. The Morgan fingerprint density at radius 1 is 0.933 bits per heavy atom. The molecule has 0 unspecified atom stereocenters. The summed E-state index contributed by atoms with van der Waals surface area (Å²) < 4.78 is 23.9. The molecular formula is C25H29NO4. The van der Waals surface area contributed by atoms with E-state index >= 15 is 0 Å². The molecule has 1 saturated heterocycles. The Morgan fingerprint density at radius 3 is 2.47 bits per heavy atom. The predicted molar refractivity (Wildman–Crippen MR) is 114 cm³/mol.